The summed E-state index contributed by atoms with van der Waals surface area (Å²) >= 11 is 5.91. The van der Waals surface area contributed by atoms with Crippen LogP contribution in [0, 0.1) is 6.92 Å². The van der Waals surface area contributed by atoms with Crippen LogP contribution in [0.2, 0.25) is 5.02 Å². The van der Waals surface area contributed by atoms with Gasteiger partial charge in [0.2, 0.25) is 0 Å². The first-order chi connectivity index (χ1) is 8.04. The molecule has 0 bridgehead atoms. The molecule has 0 saturated carbocycles. The van der Waals surface area contributed by atoms with E-state index in [1.165, 1.54) is 7.11 Å². The Labute approximate surface area is 106 Å². The summed E-state index contributed by atoms with van der Waals surface area (Å²) in [4.78, 5) is 10.9. The van der Waals surface area contributed by atoms with E-state index in [4.69, 9.17) is 11.6 Å². The van der Waals surface area contributed by atoms with Crippen LogP contribution in [0.5, 0.6) is 0 Å². The lowest BCUT2D eigenvalue weighted by Crippen LogP contribution is -2.03. The van der Waals surface area contributed by atoms with E-state index < -0.39 is 6.10 Å². The van der Waals surface area contributed by atoms with Gasteiger partial charge in [-0.15, -0.1) is 0 Å². The molecule has 0 aliphatic heterocycles. The average molecular weight is 257 g/mol. The minimum Gasteiger partial charge on any atom is -0.469 e. The zero-order valence-electron chi connectivity index (χ0n) is 10.1. The van der Waals surface area contributed by atoms with Crippen molar-refractivity contribution >= 4 is 17.6 Å². The van der Waals surface area contributed by atoms with Crippen LogP contribution in [-0.2, 0) is 9.53 Å². The van der Waals surface area contributed by atoms with E-state index in [0.29, 0.717) is 24.3 Å². The lowest BCUT2D eigenvalue weighted by molar-refractivity contribution is -0.140. The first kappa shape index (κ1) is 14.0. The van der Waals surface area contributed by atoms with Crippen molar-refractivity contribution in [3.05, 3.63) is 34.3 Å². The molecule has 0 fully saturated rings. The van der Waals surface area contributed by atoms with E-state index in [-0.39, 0.29) is 5.97 Å². The number of esters is 1. The SMILES string of the molecule is COC(=O)CCCC(O)c1ccc(Cl)c(C)c1. The number of aryl methyl sites for hydroxylation is 1. The molecule has 0 aliphatic carbocycles. The third-order valence-electron chi connectivity index (χ3n) is 2.65. The van der Waals surface area contributed by atoms with Gasteiger partial charge >= 0.3 is 5.97 Å². The summed E-state index contributed by atoms with van der Waals surface area (Å²) in [7, 11) is 1.36. The van der Waals surface area contributed by atoms with Crippen molar-refractivity contribution in [1.82, 2.24) is 0 Å². The van der Waals surface area contributed by atoms with Crippen molar-refractivity contribution in [2.24, 2.45) is 0 Å². The predicted octanol–water partition coefficient (Wildman–Crippen LogP) is 3.03. The van der Waals surface area contributed by atoms with Crippen molar-refractivity contribution in [1.29, 1.82) is 0 Å². The molecule has 94 valence electrons. The average Bonchev–Trinajstić information content (AvgIpc) is 2.32. The zero-order valence-corrected chi connectivity index (χ0v) is 10.8. The molecule has 0 aromatic heterocycles. The largest absolute Gasteiger partial charge is 0.469 e. The van der Waals surface area contributed by atoms with E-state index in [1.807, 2.05) is 13.0 Å². The Balaban J connectivity index is 2.49. The van der Waals surface area contributed by atoms with E-state index in [2.05, 4.69) is 4.74 Å². The maximum absolute atomic E-state index is 10.9. The lowest BCUT2D eigenvalue weighted by Gasteiger charge is -2.11. The summed E-state index contributed by atoms with van der Waals surface area (Å²) in [5.74, 6) is -0.246. The second-order valence-electron chi connectivity index (χ2n) is 3.99. The van der Waals surface area contributed by atoms with E-state index in [1.54, 1.807) is 12.1 Å². The van der Waals surface area contributed by atoms with Gasteiger partial charge in [0.25, 0.3) is 0 Å². The summed E-state index contributed by atoms with van der Waals surface area (Å²) in [6.07, 6.45) is 0.918. The Hall–Kier alpha value is -1.06. The van der Waals surface area contributed by atoms with Gasteiger partial charge in [-0.2, -0.15) is 0 Å². The van der Waals surface area contributed by atoms with Crippen LogP contribution in [0.4, 0.5) is 0 Å². The number of ether oxygens (including phenoxy) is 1. The number of rotatable bonds is 5. The maximum atomic E-state index is 10.9. The molecular formula is C13H17ClO3. The molecular weight excluding hydrogens is 240 g/mol. The third kappa shape index (κ3) is 4.36. The fourth-order valence-electron chi connectivity index (χ4n) is 1.58. The van der Waals surface area contributed by atoms with Gasteiger partial charge in [0.05, 0.1) is 13.2 Å². The van der Waals surface area contributed by atoms with Crippen LogP contribution in [0.3, 0.4) is 0 Å². The highest BCUT2D eigenvalue weighted by atomic mass is 35.5. The van der Waals surface area contributed by atoms with Crippen LogP contribution in [-0.4, -0.2) is 18.2 Å². The number of hydrogen-bond acceptors (Lipinski definition) is 3. The fourth-order valence-corrected chi connectivity index (χ4v) is 1.70. The summed E-state index contributed by atoms with van der Waals surface area (Å²) in [5, 5.41) is 10.6. The molecule has 0 heterocycles. The van der Waals surface area contributed by atoms with Gasteiger partial charge in [-0.1, -0.05) is 23.7 Å². The van der Waals surface area contributed by atoms with E-state index in [9.17, 15) is 9.90 Å². The molecule has 0 spiro atoms. The molecule has 3 nitrogen and oxygen atoms in total. The lowest BCUT2D eigenvalue weighted by atomic mass is 10.0. The standard InChI is InChI=1S/C13H17ClO3/c1-9-8-10(6-7-11(9)14)12(15)4-3-5-13(16)17-2/h6-8,12,15H,3-5H2,1-2H3. The minimum absolute atomic E-state index is 0.246. The number of carbonyl (C=O) groups is 1. The molecule has 1 N–H and O–H groups in total. The molecule has 1 aromatic rings. The van der Waals surface area contributed by atoms with Crippen molar-refractivity contribution < 1.29 is 14.6 Å². The number of benzene rings is 1. The van der Waals surface area contributed by atoms with Crippen molar-refractivity contribution in [3.63, 3.8) is 0 Å². The van der Waals surface area contributed by atoms with Crippen LogP contribution < -0.4 is 0 Å². The number of halogens is 1. The highest BCUT2D eigenvalue weighted by Gasteiger charge is 2.10. The van der Waals surface area contributed by atoms with Crippen LogP contribution in [0.15, 0.2) is 18.2 Å². The molecule has 0 saturated heterocycles. The number of carbonyl (C=O) groups excluding carboxylic acids is 1. The number of aliphatic hydroxyl groups is 1. The molecule has 0 amide bonds. The quantitative estimate of drug-likeness (QED) is 0.824. The Bertz CT molecular complexity index is 390. The monoisotopic (exact) mass is 256 g/mol. The van der Waals surface area contributed by atoms with Gasteiger partial charge in [0.1, 0.15) is 0 Å². The normalized spacial score (nSPS) is 12.2. The Morgan fingerprint density at radius 1 is 1.53 bits per heavy atom. The van der Waals surface area contributed by atoms with Gasteiger partial charge in [0, 0.05) is 11.4 Å². The highest BCUT2D eigenvalue weighted by Crippen LogP contribution is 2.24. The van der Waals surface area contributed by atoms with Gasteiger partial charge in [-0.05, 0) is 37.0 Å². The second kappa shape index (κ2) is 6.62. The van der Waals surface area contributed by atoms with E-state index >= 15 is 0 Å². The molecule has 17 heavy (non-hydrogen) atoms. The first-order valence-corrected chi connectivity index (χ1v) is 5.93. The summed E-state index contributed by atoms with van der Waals surface area (Å²) in [6.45, 7) is 1.90. The number of aliphatic hydroxyl groups excluding tert-OH is 1. The van der Waals surface area contributed by atoms with Crippen LogP contribution in [0.1, 0.15) is 36.5 Å². The molecule has 0 aliphatic rings. The van der Waals surface area contributed by atoms with Crippen LogP contribution >= 0.6 is 11.6 Å². The molecule has 4 heteroatoms. The van der Waals surface area contributed by atoms with Crippen molar-refractivity contribution in [2.75, 3.05) is 7.11 Å². The van der Waals surface area contributed by atoms with Gasteiger partial charge in [0.15, 0.2) is 0 Å². The smallest absolute Gasteiger partial charge is 0.305 e. The van der Waals surface area contributed by atoms with Crippen LogP contribution in [0.25, 0.3) is 0 Å². The zero-order chi connectivity index (χ0) is 12.8. The minimum atomic E-state index is -0.560. The summed E-state index contributed by atoms with van der Waals surface area (Å²) < 4.78 is 4.53. The van der Waals surface area contributed by atoms with E-state index in [0.717, 1.165) is 11.1 Å². The molecule has 0 radical (unpaired) electrons. The Morgan fingerprint density at radius 2 is 2.24 bits per heavy atom. The van der Waals surface area contributed by atoms with Gasteiger partial charge in [-0.25, -0.2) is 0 Å². The van der Waals surface area contributed by atoms with Crippen molar-refractivity contribution in [3.8, 4) is 0 Å². The molecule has 1 rings (SSSR count). The second-order valence-corrected chi connectivity index (χ2v) is 4.40. The maximum Gasteiger partial charge on any atom is 0.305 e. The topological polar surface area (TPSA) is 46.5 Å². The summed E-state index contributed by atoms with van der Waals surface area (Å²) in [6, 6.07) is 5.44. The van der Waals surface area contributed by atoms with Gasteiger partial charge in [-0.3, -0.25) is 4.79 Å². The number of hydrogen-bond donors (Lipinski definition) is 1. The number of methoxy groups -OCH3 is 1. The Kier molecular flexibility index (Phi) is 5.45. The third-order valence-corrected chi connectivity index (χ3v) is 3.08. The van der Waals surface area contributed by atoms with Gasteiger partial charge < -0.3 is 9.84 Å². The molecule has 1 aromatic carbocycles. The fraction of sp³-hybridized carbons (Fsp3) is 0.462. The molecule has 1 unspecified atom stereocenters. The predicted molar refractivity (Wildman–Crippen MR) is 67.0 cm³/mol. The highest BCUT2D eigenvalue weighted by molar-refractivity contribution is 6.31. The van der Waals surface area contributed by atoms with Crippen molar-refractivity contribution in [2.45, 2.75) is 32.3 Å². The molecule has 1 atom stereocenters. The first-order valence-electron chi connectivity index (χ1n) is 5.55. The Morgan fingerprint density at radius 3 is 2.82 bits per heavy atom. The summed E-state index contributed by atoms with van der Waals surface area (Å²) in [5.41, 5.74) is 1.77.